The van der Waals surface area contributed by atoms with Crippen LogP contribution >= 0.6 is 11.6 Å². The van der Waals surface area contributed by atoms with Crippen LogP contribution in [0, 0.1) is 5.82 Å². The summed E-state index contributed by atoms with van der Waals surface area (Å²) in [6.07, 6.45) is 1.32. The molecule has 19 heavy (non-hydrogen) atoms. The molecule has 1 N–H and O–H groups in total. The van der Waals surface area contributed by atoms with Crippen LogP contribution in [-0.2, 0) is 12.8 Å². The lowest BCUT2D eigenvalue weighted by molar-refractivity contribution is 0.610. The first-order valence-corrected chi connectivity index (χ1v) is 6.57. The first kappa shape index (κ1) is 13.7. The zero-order valence-electron chi connectivity index (χ0n) is 10.7. The SMILES string of the molecule is CCc1nc(Cl)cc(NCCc2ccccc2F)n1. The van der Waals surface area contributed by atoms with E-state index in [4.69, 9.17) is 11.6 Å². The molecule has 1 aromatic heterocycles. The Bertz CT molecular complexity index is 560. The number of benzene rings is 1. The maximum atomic E-state index is 13.4. The van der Waals surface area contributed by atoms with E-state index in [0.717, 1.165) is 6.42 Å². The van der Waals surface area contributed by atoms with Gasteiger partial charge in [-0.15, -0.1) is 0 Å². The third-order valence-electron chi connectivity index (χ3n) is 2.72. The first-order valence-electron chi connectivity index (χ1n) is 6.19. The molecule has 5 heteroatoms. The van der Waals surface area contributed by atoms with E-state index in [0.29, 0.717) is 35.3 Å². The third kappa shape index (κ3) is 3.89. The fourth-order valence-electron chi connectivity index (χ4n) is 1.74. The second kappa shape index (κ2) is 6.48. The van der Waals surface area contributed by atoms with Gasteiger partial charge in [-0.25, -0.2) is 14.4 Å². The van der Waals surface area contributed by atoms with Crippen molar-refractivity contribution in [3.8, 4) is 0 Å². The summed E-state index contributed by atoms with van der Waals surface area (Å²) < 4.78 is 13.4. The molecule has 2 aromatic rings. The second-order valence-electron chi connectivity index (χ2n) is 4.11. The molecule has 2 rings (SSSR count). The Balaban J connectivity index is 1.96. The van der Waals surface area contributed by atoms with Crippen molar-refractivity contribution in [1.29, 1.82) is 0 Å². The summed E-state index contributed by atoms with van der Waals surface area (Å²) in [6.45, 7) is 2.56. The molecule has 0 fully saturated rings. The van der Waals surface area contributed by atoms with E-state index in [1.54, 1.807) is 18.2 Å². The Labute approximate surface area is 116 Å². The highest BCUT2D eigenvalue weighted by Crippen LogP contribution is 2.12. The van der Waals surface area contributed by atoms with Crippen molar-refractivity contribution in [1.82, 2.24) is 9.97 Å². The third-order valence-corrected chi connectivity index (χ3v) is 2.91. The van der Waals surface area contributed by atoms with Crippen molar-refractivity contribution >= 4 is 17.4 Å². The molecule has 0 atom stereocenters. The van der Waals surface area contributed by atoms with Crippen LogP contribution in [0.4, 0.5) is 10.2 Å². The van der Waals surface area contributed by atoms with Gasteiger partial charge in [0.15, 0.2) is 0 Å². The number of rotatable bonds is 5. The molecule has 0 aliphatic carbocycles. The monoisotopic (exact) mass is 279 g/mol. The zero-order valence-corrected chi connectivity index (χ0v) is 11.4. The normalized spacial score (nSPS) is 10.5. The van der Waals surface area contributed by atoms with Crippen LogP contribution in [0.3, 0.4) is 0 Å². The molecule has 3 nitrogen and oxygen atoms in total. The molecule has 0 amide bonds. The fraction of sp³-hybridized carbons (Fsp3) is 0.286. The Morgan fingerprint density at radius 1 is 1.26 bits per heavy atom. The summed E-state index contributed by atoms with van der Waals surface area (Å²) in [5.74, 6) is 1.19. The van der Waals surface area contributed by atoms with Gasteiger partial charge < -0.3 is 5.32 Å². The number of nitrogens with one attached hydrogen (secondary N) is 1. The molecule has 0 spiro atoms. The molecule has 1 heterocycles. The van der Waals surface area contributed by atoms with Crippen LogP contribution < -0.4 is 5.32 Å². The summed E-state index contributed by atoms with van der Waals surface area (Å²) in [5.41, 5.74) is 0.686. The molecule has 0 saturated heterocycles. The van der Waals surface area contributed by atoms with E-state index < -0.39 is 0 Å². The molecule has 0 radical (unpaired) electrons. The number of halogens is 2. The smallest absolute Gasteiger partial charge is 0.134 e. The molecular weight excluding hydrogens is 265 g/mol. The molecule has 0 aliphatic rings. The average molecular weight is 280 g/mol. The van der Waals surface area contributed by atoms with Crippen molar-refractivity contribution < 1.29 is 4.39 Å². The predicted octanol–water partition coefficient (Wildman–Crippen LogP) is 3.49. The lowest BCUT2D eigenvalue weighted by Gasteiger charge is -2.07. The van der Waals surface area contributed by atoms with E-state index >= 15 is 0 Å². The average Bonchev–Trinajstić information content (AvgIpc) is 2.40. The number of hydrogen-bond donors (Lipinski definition) is 1. The van der Waals surface area contributed by atoms with E-state index in [2.05, 4.69) is 15.3 Å². The highest BCUT2D eigenvalue weighted by atomic mass is 35.5. The summed E-state index contributed by atoms with van der Waals surface area (Å²) in [4.78, 5) is 8.39. The van der Waals surface area contributed by atoms with Gasteiger partial charge in [-0.1, -0.05) is 36.7 Å². The van der Waals surface area contributed by atoms with Gasteiger partial charge in [0.05, 0.1) is 0 Å². The van der Waals surface area contributed by atoms with Crippen molar-refractivity contribution in [3.05, 3.63) is 52.7 Å². The molecule has 0 aliphatic heterocycles. The lowest BCUT2D eigenvalue weighted by atomic mass is 10.1. The quantitative estimate of drug-likeness (QED) is 0.852. The van der Waals surface area contributed by atoms with Gasteiger partial charge in [0.1, 0.15) is 22.6 Å². The Morgan fingerprint density at radius 3 is 2.79 bits per heavy atom. The van der Waals surface area contributed by atoms with E-state index in [1.165, 1.54) is 6.07 Å². The summed E-state index contributed by atoms with van der Waals surface area (Å²) in [5, 5.41) is 3.55. The maximum Gasteiger partial charge on any atom is 0.134 e. The number of nitrogens with zero attached hydrogens (tertiary/aromatic N) is 2. The second-order valence-corrected chi connectivity index (χ2v) is 4.50. The molecular formula is C14H15ClFN3. The Morgan fingerprint density at radius 2 is 2.05 bits per heavy atom. The molecule has 1 aromatic carbocycles. The minimum atomic E-state index is -0.181. The van der Waals surface area contributed by atoms with E-state index in [-0.39, 0.29) is 5.82 Å². The predicted molar refractivity (Wildman–Crippen MR) is 75.0 cm³/mol. The topological polar surface area (TPSA) is 37.8 Å². The number of hydrogen-bond acceptors (Lipinski definition) is 3. The van der Waals surface area contributed by atoms with Gasteiger partial charge in [0.2, 0.25) is 0 Å². The summed E-state index contributed by atoms with van der Waals surface area (Å²) in [6, 6.07) is 8.43. The highest BCUT2D eigenvalue weighted by Gasteiger charge is 2.03. The van der Waals surface area contributed by atoms with Gasteiger partial charge in [-0.3, -0.25) is 0 Å². The highest BCUT2D eigenvalue weighted by molar-refractivity contribution is 6.29. The number of anilines is 1. The van der Waals surface area contributed by atoms with Crippen LogP contribution in [0.25, 0.3) is 0 Å². The van der Waals surface area contributed by atoms with Gasteiger partial charge in [0.25, 0.3) is 0 Å². The van der Waals surface area contributed by atoms with Gasteiger partial charge >= 0.3 is 0 Å². The van der Waals surface area contributed by atoms with Crippen LogP contribution in [0.15, 0.2) is 30.3 Å². The lowest BCUT2D eigenvalue weighted by Crippen LogP contribution is -2.08. The van der Waals surface area contributed by atoms with Crippen molar-refractivity contribution in [3.63, 3.8) is 0 Å². The fourth-order valence-corrected chi connectivity index (χ4v) is 1.94. The minimum Gasteiger partial charge on any atom is -0.370 e. The van der Waals surface area contributed by atoms with Gasteiger partial charge in [0, 0.05) is 19.0 Å². The first-order chi connectivity index (χ1) is 9.19. The van der Waals surface area contributed by atoms with E-state index in [9.17, 15) is 4.39 Å². The number of aryl methyl sites for hydroxylation is 1. The number of aromatic nitrogens is 2. The standard InChI is InChI=1S/C14H15ClFN3/c1-2-13-18-12(15)9-14(19-13)17-8-7-10-5-3-4-6-11(10)16/h3-6,9H,2,7-8H2,1H3,(H,17,18,19). The van der Waals surface area contributed by atoms with Crippen molar-refractivity contribution in [2.75, 3.05) is 11.9 Å². The maximum absolute atomic E-state index is 13.4. The Kier molecular flexibility index (Phi) is 4.68. The van der Waals surface area contributed by atoms with Crippen LogP contribution in [-0.4, -0.2) is 16.5 Å². The zero-order chi connectivity index (χ0) is 13.7. The van der Waals surface area contributed by atoms with Crippen LogP contribution in [0.1, 0.15) is 18.3 Å². The van der Waals surface area contributed by atoms with Gasteiger partial charge in [-0.2, -0.15) is 0 Å². The Hall–Kier alpha value is -1.68. The molecule has 0 saturated carbocycles. The van der Waals surface area contributed by atoms with Gasteiger partial charge in [-0.05, 0) is 18.1 Å². The largest absolute Gasteiger partial charge is 0.370 e. The minimum absolute atomic E-state index is 0.181. The van der Waals surface area contributed by atoms with Crippen molar-refractivity contribution in [2.45, 2.75) is 19.8 Å². The van der Waals surface area contributed by atoms with Crippen LogP contribution in [0.2, 0.25) is 5.15 Å². The molecule has 0 unspecified atom stereocenters. The molecule has 0 bridgehead atoms. The van der Waals surface area contributed by atoms with Crippen molar-refractivity contribution in [2.24, 2.45) is 0 Å². The van der Waals surface area contributed by atoms with Crippen LogP contribution in [0.5, 0.6) is 0 Å². The summed E-state index contributed by atoms with van der Waals surface area (Å²) >= 11 is 5.90. The van der Waals surface area contributed by atoms with E-state index in [1.807, 2.05) is 13.0 Å². The molecule has 100 valence electrons. The summed E-state index contributed by atoms with van der Waals surface area (Å²) in [7, 11) is 0.